The number of methoxy groups -OCH3 is 1. The fourth-order valence-corrected chi connectivity index (χ4v) is 3.09. The predicted molar refractivity (Wildman–Crippen MR) is 80.3 cm³/mol. The normalized spacial score (nSPS) is 28.1. The van der Waals surface area contributed by atoms with Crippen LogP contribution in [0.5, 0.6) is 5.75 Å². The van der Waals surface area contributed by atoms with Crippen molar-refractivity contribution in [2.24, 2.45) is 5.92 Å². The first-order valence-corrected chi connectivity index (χ1v) is 7.55. The first-order chi connectivity index (χ1) is 9.44. The van der Waals surface area contributed by atoms with Gasteiger partial charge in [-0.1, -0.05) is 18.5 Å². The number of ether oxygens (including phenoxy) is 1. The van der Waals surface area contributed by atoms with E-state index in [9.17, 15) is 10.2 Å². The Balaban J connectivity index is 2.11. The molecule has 1 aliphatic carbocycles. The summed E-state index contributed by atoms with van der Waals surface area (Å²) in [5.74, 6) is 1.32. The third-order valence-electron chi connectivity index (χ3n) is 4.42. The first-order valence-electron chi connectivity index (χ1n) is 7.17. The van der Waals surface area contributed by atoms with E-state index >= 15 is 0 Å². The molecule has 2 rings (SSSR count). The van der Waals surface area contributed by atoms with E-state index in [-0.39, 0.29) is 0 Å². The minimum atomic E-state index is -0.986. The Morgan fingerprint density at radius 2 is 2.05 bits per heavy atom. The lowest BCUT2D eigenvalue weighted by atomic mass is 9.75. The van der Waals surface area contributed by atoms with Gasteiger partial charge in [0.1, 0.15) is 5.75 Å². The molecule has 20 heavy (non-hydrogen) atoms. The maximum Gasteiger partial charge on any atom is 0.122 e. The van der Waals surface area contributed by atoms with Crippen molar-refractivity contribution >= 4 is 11.6 Å². The Labute approximate surface area is 125 Å². The van der Waals surface area contributed by atoms with Gasteiger partial charge in [0, 0.05) is 11.4 Å². The summed E-state index contributed by atoms with van der Waals surface area (Å²) in [4.78, 5) is 0. The van der Waals surface area contributed by atoms with Crippen molar-refractivity contribution in [2.45, 2.75) is 50.7 Å². The lowest BCUT2D eigenvalue weighted by molar-refractivity contribution is -0.102. The van der Waals surface area contributed by atoms with Gasteiger partial charge in [0.05, 0.1) is 18.8 Å². The molecule has 1 aliphatic rings. The molecule has 0 bridgehead atoms. The molecular weight excluding hydrogens is 276 g/mol. The lowest BCUT2D eigenvalue weighted by Gasteiger charge is -2.38. The molecule has 0 amide bonds. The van der Waals surface area contributed by atoms with Gasteiger partial charge in [0.15, 0.2) is 0 Å². The molecule has 0 radical (unpaired) electrons. The number of aliphatic hydroxyl groups excluding tert-OH is 1. The van der Waals surface area contributed by atoms with Crippen LogP contribution in [0, 0.1) is 5.92 Å². The highest BCUT2D eigenvalue weighted by molar-refractivity contribution is 6.30. The number of aliphatic hydroxyl groups is 2. The summed E-state index contributed by atoms with van der Waals surface area (Å²) in [6, 6.07) is 5.34. The topological polar surface area (TPSA) is 49.7 Å². The van der Waals surface area contributed by atoms with Crippen molar-refractivity contribution in [1.82, 2.24) is 0 Å². The SMILES string of the molecule is COc1ccc(Cl)cc1CC(O)C1(O)CCC(C)CC1. The molecular formula is C16H23ClO3. The first kappa shape index (κ1) is 15.6. The Morgan fingerprint density at radius 1 is 1.40 bits per heavy atom. The van der Waals surface area contributed by atoms with E-state index in [2.05, 4.69) is 6.92 Å². The maximum atomic E-state index is 10.6. The Morgan fingerprint density at radius 3 is 2.65 bits per heavy atom. The summed E-state index contributed by atoms with van der Waals surface area (Å²) >= 11 is 6.00. The van der Waals surface area contributed by atoms with Crippen LogP contribution in [-0.2, 0) is 6.42 Å². The van der Waals surface area contributed by atoms with Crippen LogP contribution in [0.2, 0.25) is 5.02 Å². The Hall–Kier alpha value is -0.770. The van der Waals surface area contributed by atoms with Crippen LogP contribution in [0.1, 0.15) is 38.2 Å². The monoisotopic (exact) mass is 298 g/mol. The van der Waals surface area contributed by atoms with Gasteiger partial charge in [-0.3, -0.25) is 0 Å². The van der Waals surface area contributed by atoms with Gasteiger partial charge >= 0.3 is 0 Å². The molecule has 1 aromatic rings. The van der Waals surface area contributed by atoms with Gasteiger partial charge in [-0.25, -0.2) is 0 Å². The number of benzene rings is 1. The molecule has 1 saturated carbocycles. The van der Waals surface area contributed by atoms with Crippen LogP contribution < -0.4 is 4.74 Å². The van der Waals surface area contributed by atoms with Crippen LogP contribution in [0.15, 0.2) is 18.2 Å². The van der Waals surface area contributed by atoms with E-state index in [1.807, 2.05) is 0 Å². The third kappa shape index (κ3) is 3.46. The van der Waals surface area contributed by atoms with Gasteiger partial charge < -0.3 is 14.9 Å². The van der Waals surface area contributed by atoms with Crippen molar-refractivity contribution in [3.63, 3.8) is 0 Å². The number of rotatable bonds is 4. The van der Waals surface area contributed by atoms with E-state index in [4.69, 9.17) is 16.3 Å². The second-order valence-corrected chi connectivity index (χ2v) is 6.40. The van der Waals surface area contributed by atoms with Crippen molar-refractivity contribution < 1.29 is 14.9 Å². The van der Waals surface area contributed by atoms with Gasteiger partial charge in [-0.05, 0) is 55.4 Å². The van der Waals surface area contributed by atoms with Crippen LogP contribution in [0.4, 0.5) is 0 Å². The minimum absolute atomic E-state index is 0.356. The molecule has 3 nitrogen and oxygen atoms in total. The zero-order valence-electron chi connectivity index (χ0n) is 12.1. The van der Waals surface area contributed by atoms with Crippen molar-refractivity contribution in [2.75, 3.05) is 7.11 Å². The summed E-state index contributed by atoms with van der Waals surface area (Å²) in [5.41, 5.74) is -0.153. The van der Waals surface area contributed by atoms with E-state index in [0.29, 0.717) is 36.0 Å². The molecule has 2 N–H and O–H groups in total. The van der Waals surface area contributed by atoms with Crippen LogP contribution in [0.25, 0.3) is 0 Å². The number of halogens is 1. The van der Waals surface area contributed by atoms with Gasteiger partial charge in [0.2, 0.25) is 0 Å². The van der Waals surface area contributed by atoms with Crippen molar-refractivity contribution in [3.8, 4) is 5.75 Å². The molecule has 0 aromatic heterocycles. The largest absolute Gasteiger partial charge is 0.496 e. The smallest absolute Gasteiger partial charge is 0.122 e. The summed E-state index contributed by atoms with van der Waals surface area (Å²) < 4.78 is 5.29. The molecule has 1 unspecified atom stereocenters. The molecule has 112 valence electrons. The van der Waals surface area contributed by atoms with E-state index in [1.54, 1.807) is 25.3 Å². The standard InChI is InChI=1S/C16H23ClO3/c1-11-5-7-16(19,8-6-11)15(18)10-12-9-13(17)3-4-14(12)20-2/h3-4,9,11,15,18-19H,5-8,10H2,1-2H3. The lowest BCUT2D eigenvalue weighted by Crippen LogP contribution is -2.46. The third-order valence-corrected chi connectivity index (χ3v) is 4.65. The van der Waals surface area contributed by atoms with Crippen molar-refractivity contribution in [1.29, 1.82) is 0 Å². The molecule has 1 atom stereocenters. The maximum absolute atomic E-state index is 10.6. The average molecular weight is 299 g/mol. The Bertz CT molecular complexity index is 453. The quantitative estimate of drug-likeness (QED) is 0.897. The van der Waals surface area contributed by atoms with Crippen molar-refractivity contribution in [3.05, 3.63) is 28.8 Å². The zero-order valence-corrected chi connectivity index (χ0v) is 12.9. The Kier molecular flexibility index (Phi) is 4.95. The highest BCUT2D eigenvalue weighted by Gasteiger charge is 2.38. The second-order valence-electron chi connectivity index (χ2n) is 5.96. The molecule has 0 saturated heterocycles. The molecule has 1 aromatic carbocycles. The van der Waals surface area contributed by atoms with E-state index in [1.165, 1.54) is 0 Å². The van der Waals surface area contributed by atoms with Crippen LogP contribution in [0.3, 0.4) is 0 Å². The van der Waals surface area contributed by atoms with Gasteiger partial charge in [-0.15, -0.1) is 0 Å². The molecule has 0 aliphatic heterocycles. The summed E-state index contributed by atoms with van der Waals surface area (Å²) in [5, 5.41) is 21.7. The summed E-state index contributed by atoms with van der Waals surface area (Å²) in [6.45, 7) is 2.19. The van der Waals surface area contributed by atoms with E-state index < -0.39 is 11.7 Å². The fourth-order valence-electron chi connectivity index (χ4n) is 2.90. The molecule has 4 heteroatoms. The zero-order chi connectivity index (χ0) is 14.8. The molecule has 1 fully saturated rings. The number of hydrogen-bond donors (Lipinski definition) is 2. The molecule has 0 spiro atoms. The average Bonchev–Trinajstić information content (AvgIpc) is 2.42. The second kappa shape index (κ2) is 6.33. The van der Waals surface area contributed by atoms with Gasteiger partial charge in [-0.2, -0.15) is 0 Å². The predicted octanol–water partition coefficient (Wildman–Crippen LogP) is 3.19. The van der Waals surface area contributed by atoms with Gasteiger partial charge in [0.25, 0.3) is 0 Å². The van der Waals surface area contributed by atoms with Crippen LogP contribution >= 0.6 is 11.6 Å². The highest BCUT2D eigenvalue weighted by Crippen LogP contribution is 2.36. The molecule has 0 heterocycles. The highest BCUT2D eigenvalue weighted by atomic mass is 35.5. The summed E-state index contributed by atoms with van der Waals surface area (Å²) in [6.07, 6.45) is 2.79. The fraction of sp³-hybridized carbons (Fsp3) is 0.625. The van der Waals surface area contributed by atoms with E-state index in [0.717, 1.165) is 18.4 Å². The van der Waals surface area contributed by atoms with Crippen LogP contribution in [-0.4, -0.2) is 29.0 Å². The number of hydrogen-bond acceptors (Lipinski definition) is 3. The minimum Gasteiger partial charge on any atom is -0.496 e. The summed E-state index contributed by atoms with van der Waals surface area (Å²) in [7, 11) is 1.59.